The fourth-order valence-electron chi connectivity index (χ4n) is 4.02. The van der Waals surface area contributed by atoms with E-state index < -0.39 is 0 Å². The van der Waals surface area contributed by atoms with Gasteiger partial charge in [-0.1, -0.05) is 39.0 Å². The predicted molar refractivity (Wildman–Crippen MR) is 118 cm³/mol. The number of rotatable bonds is 10. The van der Waals surface area contributed by atoms with Crippen molar-refractivity contribution in [2.24, 2.45) is 5.41 Å². The number of hydrogen-bond donors (Lipinski definition) is 1. The molecule has 6 heteroatoms. The summed E-state index contributed by atoms with van der Waals surface area (Å²) < 4.78 is 7.26. The van der Waals surface area contributed by atoms with Crippen molar-refractivity contribution in [2.45, 2.75) is 78.4 Å². The van der Waals surface area contributed by atoms with Crippen molar-refractivity contribution in [1.29, 1.82) is 0 Å². The van der Waals surface area contributed by atoms with Gasteiger partial charge in [0.05, 0.1) is 18.2 Å². The monoisotopic (exact) mass is 399 g/mol. The molecule has 0 bridgehead atoms. The molecule has 1 aromatic carbocycles. The third-order valence-corrected chi connectivity index (χ3v) is 5.19. The number of tetrazole rings is 1. The number of nitrogens with zero attached hydrogens (tertiary/aromatic N) is 4. The second-order valence-corrected chi connectivity index (χ2v) is 9.83. The highest BCUT2D eigenvalue weighted by molar-refractivity contribution is 5.27. The van der Waals surface area contributed by atoms with Crippen LogP contribution < -0.4 is 10.1 Å². The van der Waals surface area contributed by atoms with Gasteiger partial charge in [0, 0.05) is 6.54 Å². The van der Waals surface area contributed by atoms with Crippen LogP contribution in [-0.2, 0) is 17.6 Å². The van der Waals surface area contributed by atoms with Crippen LogP contribution in [0.5, 0.6) is 5.75 Å². The van der Waals surface area contributed by atoms with Crippen LogP contribution in [0.3, 0.4) is 0 Å². The summed E-state index contributed by atoms with van der Waals surface area (Å²) in [5.41, 5.74) is 0.769. The van der Waals surface area contributed by atoms with E-state index in [1.807, 2.05) is 22.9 Å². The van der Waals surface area contributed by atoms with Crippen molar-refractivity contribution in [3.05, 3.63) is 48.3 Å². The first kappa shape index (κ1) is 23.1. The Morgan fingerprint density at radius 3 is 2.31 bits per heavy atom. The van der Waals surface area contributed by atoms with Crippen LogP contribution in [0.25, 0.3) is 0 Å². The third kappa shape index (κ3) is 6.13. The average Bonchev–Trinajstić information content (AvgIpc) is 3.15. The van der Waals surface area contributed by atoms with Crippen molar-refractivity contribution in [3.8, 4) is 5.75 Å². The summed E-state index contributed by atoms with van der Waals surface area (Å²) >= 11 is 0. The quantitative estimate of drug-likeness (QED) is 0.580. The second kappa shape index (κ2) is 9.08. The summed E-state index contributed by atoms with van der Waals surface area (Å²) in [5.74, 6) is 1.72. The second-order valence-electron chi connectivity index (χ2n) is 9.83. The number of nitrogens with one attached hydrogen (secondary N) is 1. The number of benzene rings is 1. The molecule has 160 valence electrons. The van der Waals surface area contributed by atoms with Gasteiger partial charge in [0.1, 0.15) is 5.75 Å². The van der Waals surface area contributed by atoms with E-state index in [0.717, 1.165) is 30.8 Å². The molecule has 0 aliphatic carbocycles. The molecule has 29 heavy (non-hydrogen) atoms. The van der Waals surface area contributed by atoms with Crippen molar-refractivity contribution < 1.29 is 4.74 Å². The molecule has 2 aromatic rings. The lowest BCUT2D eigenvalue weighted by molar-refractivity contribution is 0.174. The molecule has 0 aliphatic heterocycles. The Bertz CT molecular complexity index is 788. The molecule has 0 radical (unpaired) electrons. The highest BCUT2D eigenvalue weighted by Gasteiger charge is 2.38. The van der Waals surface area contributed by atoms with Gasteiger partial charge in [-0.05, 0) is 73.6 Å². The van der Waals surface area contributed by atoms with Crippen LogP contribution in [-0.4, -0.2) is 27.3 Å². The van der Waals surface area contributed by atoms with E-state index in [1.165, 1.54) is 5.56 Å². The predicted octanol–water partition coefficient (Wildman–Crippen LogP) is 4.82. The number of ether oxygens (including phenoxy) is 1. The largest absolute Gasteiger partial charge is 0.497 e. The summed E-state index contributed by atoms with van der Waals surface area (Å²) in [5, 5.41) is 16.6. The first-order valence-electron chi connectivity index (χ1n) is 10.3. The minimum atomic E-state index is -0.382. The zero-order valence-corrected chi connectivity index (χ0v) is 19.1. The van der Waals surface area contributed by atoms with Crippen LogP contribution in [0.15, 0.2) is 36.9 Å². The third-order valence-electron chi connectivity index (χ3n) is 5.19. The Balaban J connectivity index is 2.31. The van der Waals surface area contributed by atoms with Crippen LogP contribution in [0.2, 0.25) is 0 Å². The van der Waals surface area contributed by atoms with Gasteiger partial charge < -0.3 is 10.1 Å². The molecular formula is C23H37N5O. The van der Waals surface area contributed by atoms with Crippen molar-refractivity contribution >= 4 is 0 Å². The van der Waals surface area contributed by atoms with Crippen molar-refractivity contribution in [3.63, 3.8) is 0 Å². The van der Waals surface area contributed by atoms with E-state index in [0.29, 0.717) is 6.54 Å². The molecule has 0 fully saturated rings. The molecule has 0 saturated heterocycles. The van der Waals surface area contributed by atoms with Gasteiger partial charge >= 0.3 is 0 Å². The maximum atomic E-state index is 5.26. The molecule has 1 aromatic heterocycles. The zero-order chi connectivity index (χ0) is 21.7. The minimum absolute atomic E-state index is 0.167. The normalized spacial score (nSPS) is 14.4. The Morgan fingerprint density at radius 2 is 1.76 bits per heavy atom. The summed E-state index contributed by atoms with van der Waals surface area (Å²) in [4.78, 5) is 0. The summed E-state index contributed by atoms with van der Waals surface area (Å²) in [7, 11) is 1.68. The Hall–Kier alpha value is -2.21. The highest BCUT2D eigenvalue weighted by atomic mass is 16.5. The van der Waals surface area contributed by atoms with Crippen LogP contribution in [0.4, 0.5) is 0 Å². The van der Waals surface area contributed by atoms with Crippen molar-refractivity contribution in [1.82, 2.24) is 25.5 Å². The minimum Gasteiger partial charge on any atom is -0.497 e. The summed E-state index contributed by atoms with van der Waals surface area (Å²) in [6.45, 7) is 17.9. The maximum absolute atomic E-state index is 5.26. The lowest BCUT2D eigenvalue weighted by Crippen LogP contribution is -2.45. The lowest BCUT2D eigenvalue weighted by Gasteiger charge is -2.37. The number of allylic oxidation sites excluding steroid dienone is 1. The average molecular weight is 400 g/mol. The van der Waals surface area contributed by atoms with E-state index in [2.05, 4.69) is 81.1 Å². The molecule has 0 aliphatic rings. The Morgan fingerprint density at radius 1 is 1.10 bits per heavy atom. The molecule has 6 nitrogen and oxygen atoms in total. The van der Waals surface area contributed by atoms with Gasteiger partial charge in [-0.25, -0.2) is 4.68 Å². The van der Waals surface area contributed by atoms with Gasteiger partial charge in [-0.3, -0.25) is 0 Å². The smallest absolute Gasteiger partial charge is 0.171 e. The lowest BCUT2D eigenvalue weighted by atomic mass is 9.81. The van der Waals surface area contributed by atoms with E-state index in [4.69, 9.17) is 4.74 Å². The van der Waals surface area contributed by atoms with E-state index in [-0.39, 0.29) is 16.5 Å². The standard InChI is InChI=1S/C23H37N5O/c1-9-10-15-23(7,24-16-18-11-13-19(29-8)14-12-18)20-25-26-27-28(20)22(5,6)17-21(2,3)4/h9,11-14,24H,1,10,15-17H2,2-8H3. The SMILES string of the molecule is C=CCCC(C)(NCc1ccc(OC)cc1)c1nnnn1C(C)(C)CC(C)(C)C. The Kier molecular flexibility index (Phi) is 7.22. The van der Waals surface area contributed by atoms with Crippen LogP contribution >= 0.6 is 0 Å². The highest BCUT2D eigenvalue weighted by Crippen LogP contribution is 2.35. The summed E-state index contributed by atoms with van der Waals surface area (Å²) in [6, 6.07) is 8.11. The number of aromatic nitrogens is 4. The topological polar surface area (TPSA) is 64.9 Å². The molecule has 0 saturated carbocycles. The zero-order valence-electron chi connectivity index (χ0n) is 19.1. The maximum Gasteiger partial charge on any atom is 0.171 e. The molecule has 1 unspecified atom stereocenters. The van der Waals surface area contributed by atoms with E-state index >= 15 is 0 Å². The van der Waals surface area contributed by atoms with E-state index in [9.17, 15) is 0 Å². The fraction of sp³-hybridized carbons (Fsp3) is 0.609. The van der Waals surface area contributed by atoms with Gasteiger partial charge in [-0.15, -0.1) is 11.7 Å². The molecule has 2 rings (SSSR count). The van der Waals surface area contributed by atoms with Crippen LogP contribution in [0.1, 0.15) is 72.2 Å². The molecule has 1 N–H and O–H groups in total. The molecule has 0 spiro atoms. The molecular weight excluding hydrogens is 362 g/mol. The Labute approximate surface area is 175 Å². The fourth-order valence-corrected chi connectivity index (χ4v) is 4.02. The van der Waals surface area contributed by atoms with Crippen molar-refractivity contribution in [2.75, 3.05) is 7.11 Å². The summed E-state index contributed by atoms with van der Waals surface area (Å²) in [6.07, 6.45) is 4.65. The molecule has 1 atom stereocenters. The van der Waals surface area contributed by atoms with Gasteiger partial charge in [0.25, 0.3) is 0 Å². The molecule has 0 amide bonds. The molecule has 1 heterocycles. The first-order valence-corrected chi connectivity index (χ1v) is 10.3. The number of methoxy groups -OCH3 is 1. The van der Waals surface area contributed by atoms with E-state index in [1.54, 1.807) is 7.11 Å². The van der Waals surface area contributed by atoms with Crippen LogP contribution in [0, 0.1) is 5.41 Å². The van der Waals surface area contributed by atoms with Gasteiger partial charge in [-0.2, -0.15) is 0 Å². The first-order chi connectivity index (χ1) is 13.5. The number of hydrogen-bond acceptors (Lipinski definition) is 5. The van der Waals surface area contributed by atoms with Gasteiger partial charge in [0.2, 0.25) is 0 Å². The van der Waals surface area contributed by atoms with Gasteiger partial charge in [0.15, 0.2) is 5.82 Å².